The maximum Gasteiger partial charge on any atom is 0.308 e. The molecule has 0 aliphatic carbocycles. The van der Waals surface area contributed by atoms with Crippen molar-refractivity contribution >= 4 is 45.1 Å². The van der Waals surface area contributed by atoms with Crippen molar-refractivity contribution in [3.05, 3.63) is 68.6 Å². The van der Waals surface area contributed by atoms with Crippen LogP contribution in [0.5, 0.6) is 0 Å². The number of carbonyl (C=O) groups is 3. The fourth-order valence-electron chi connectivity index (χ4n) is 4.16. The Kier molecular flexibility index (Phi) is 8.08. The molecule has 3 aromatic rings. The summed E-state index contributed by atoms with van der Waals surface area (Å²) in [7, 11) is 0. The molecule has 10 heteroatoms. The van der Waals surface area contributed by atoms with E-state index in [-0.39, 0.29) is 30.2 Å². The van der Waals surface area contributed by atoms with E-state index in [2.05, 4.69) is 52.0 Å². The predicted octanol–water partition coefficient (Wildman–Crippen LogP) is 4.54. The number of benzene rings is 1. The van der Waals surface area contributed by atoms with Gasteiger partial charge in [-0.1, -0.05) is 45.0 Å². The van der Waals surface area contributed by atoms with E-state index in [9.17, 15) is 19.5 Å². The number of rotatable bonds is 7. The van der Waals surface area contributed by atoms with Crippen LogP contribution < -0.4 is 5.32 Å². The Balaban J connectivity index is 1.53. The van der Waals surface area contributed by atoms with Gasteiger partial charge in [0, 0.05) is 42.3 Å². The highest BCUT2D eigenvalue weighted by atomic mass is 79.9. The molecule has 1 unspecified atom stereocenters. The maximum absolute atomic E-state index is 13.5. The average molecular weight is 586 g/mol. The molecular weight excluding hydrogens is 556 g/mol. The van der Waals surface area contributed by atoms with Gasteiger partial charge in [-0.25, -0.2) is 9.97 Å². The second kappa shape index (κ2) is 11.1. The third-order valence-corrected chi connectivity index (χ3v) is 8.21. The molecule has 2 amide bonds. The maximum atomic E-state index is 13.5. The van der Waals surface area contributed by atoms with Crippen LogP contribution in [0, 0.1) is 5.92 Å². The molecule has 2 atom stereocenters. The molecule has 2 aromatic heterocycles. The van der Waals surface area contributed by atoms with Gasteiger partial charge in [0.15, 0.2) is 5.82 Å². The molecule has 1 aromatic carbocycles. The summed E-state index contributed by atoms with van der Waals surface area (Å²) in [6.07, 6.45) is 4.04. The Morgan fingerprint density at radius 3 is 2.38 bits per heavy atom. The average Bonchev–Trinajstić information content (AvgIpc) is 3.55. The zero-order valence-electron chi connectivity index (χ0n) is 20.9. The van der Waals surface area contributed by atoms with Gasteiger partial charge in [-0.15, -0.1) is 11.3 Å². The Labute approximate surface area is 228 Å². The van der Waals surface area contributed by atoms with E-state index in [1.54, 1.807) is 23.4 Å². The van der Waals surface area contributed by atoms with E-state index in [1.807, 2.05) is 30.3 Å². The topological polar surface area (TPSA) is 112 Å². The van der Waals surface area contributed by atoms with Crippen molar-refractivity contribution in [1.29, 1.82) is 0 Å². The van der Waals surface area contributed by atoms with Gasteiger partial charge in [0.2, 0.25) is 5.91 Å². The highest BCUT2D eigenvalue weighted by Crippen LogP contribution is 2.29. The summed E-state index contributed by atoms with van der Waals surface area (Å²) in [6, 6.07) is 10.4. The number of carboxylic acid groups (broad SMARTS) is 1. The minimum atomic E-state index is -0.907. The second-order valence-electron chi connectivity index (χ2n) is 10.2. The van der Waals surface area contributed by atoms with Crippen molar-refractivity contribution in [2.75, 3.05) is 13.1 Å². The number of aromatic nitrogens is 2. The van der Waals surface area contributed by atoms with E-state index in [0.29, 0.717) is 23.7 Å². The molecule has 2 N–H and O–H groups in total. The van der Waals surface area contributed by atoms with Crippen molar-refractivity contribution in [3.63, 3.8) is 0 Å². The Hall–Kier alpha value is -3.11. The van der Waals surface area contributed by atoms with Crippen LogP contribution in [-0.4, -0.2) is 56.9 Å². The number of carbonyl (C=O) groups excluding carboxylic acids is 2. The number of hydrogen-bond acceptors (Lipinski definition) is 6. The SMILES string of the molecule is CC(C)(C)c1ccc(C(=O)NC(Cc2ccc(-c3ncc(Br)cn3)cc2)C(=O)N2CC[C@H](C(=O)O)C2)s1. The van der Waals surface area contributed by atoms with Gasteiger partial charge in [0.05, 0.1) is 15.3 Å². The van der Waals surface area contributed by atoms with Crippen LogP contribution in [0.3, 0.4) is 0 Å². The molecular formula is C27H29BrN4O4S. The minimum Gasteiger partial charge on any atom is -0.481 e. The first-order valence-corrected chi connectivity index (χ1v) is 13.6. The van der Waals surface area contributed by atoms with E-state index in [1.165, 1.54) is 11.3 Å². The van der Waals surface area contributed by atoms with Gasteiger partial charge < -0.3 is 15.3 Å². The molecule has 1 fully saturated rings. The third-order valence-electron chi connectivity index (χ3n) is 6.29. The molecule has 0 spiro atoms. The number of amides is 2. The van der Waals surface area contributed by atoms with Gasteiger partial charge in [-0.05, 0) is 45.5 Å². The van der Waals surface area contributed by atoms with Crippen molar-refractivity contribution in [3.8, 4) is 11.4 Å². The molecule has 4 rings (SSSR count). The quantitative estimate of drug-likeness (QED) is 0.421. The highest BCUT2D eigenvalue weighted by molar-refractivity contribution is 9.10. The molecule has 1 aliphatic heterocycles. The van der Waals surface area contributed by atoms with Crippen LogP contribution in [0.15, 0.2) is 53.3 Å². The summed E-state index contributed by atoms with van der Waals surface area (Å²) >= 11 is 4.74. The largest absolute Gasteiger partial charge is 0.481 e. The Bertz CT molecular complexity index is 1280. The van der Waals surface area contributed by atoms with Crippen molar-refractivity contribution in [1.82, 2.24) is 20.2 Å². The first-order chi connectivity index (χ1) is 17.5. The summed E-state index contributed by atoms with van der Waals surface area (Å²) < 4.78 is 0.789. The lowest BCUT2D eigenvalue weighted by Gasteiger charge is -2.24. The molecule has 0 radical (unpaired) electrons. The number of likely N-dealkylation sites (tertiary alicyclic amines) is 1. The van der Waals surface area contributed by atoms with Gasteiger partial charge in [0.1, 0.15) is 6.04 Å². The zero-order chi connectivity index (χ0) is 26.7. The summed E-state index contributed by atoms with van der Waals surface area (Å²) in [6.45, 7) is 6.76. The lowest BCUT2D eigenvalue weighted by atomic mass is 9.95. The Morgan fingerprint density at radius 2 is 1.81 bits per heavy atom. The number of nitrogens with zero attached hydrogens (tertiary/aromatic N) is 3. The minimum absolute atomic E-state index is 0.0832. The highest BCUT2D eigenvalue weighted by Gasteiger charge is 2.35. The van der Waals surface area contributed by atoms with Crippen LogP contribution in [0.1, 0.15) is 47.3 Å². The van der Waals surface area contributed by atoms with E-state index in [0.717, 1.165) is 20.5 Å². The molecule has 194 valence electrons. The molecule has 1 aliphatic rings. The van der Waals surface area contributed by atoms with Gasteiger partial charge in [-0.3, -0.25) is 14.4 Å². The molecule has 0 saturated carbocycles. The van der Waals surface area contributed by atoms with Crippen LogP contribution in [0.25, 0.3) is 11.4 Å². The summed E-state index contributed by atoms with van der Waals surface area (Å²) in [5.74, 6) is -1.50. The predicted molar refractivity (Wildman–Crippen MR) is 145 cm³/mol. The van der Waals surface area contributed by atoms with Gasteiger partial charge in [0.25, 0.3) is 5.91 Å². The van der Waals surface area contributed by atoms with Crippen LogP contribution >= 0.6 is 27.3 Å². The second-order valence-corrected chi connectivity index (χ2v) is 12.2. The fourth-order valence-corrected chi connectivity index (χ4v) is 5.33. The summed E-state index contributed by atoms with van der Waals surface area (Å²) in [5.41, 5.74) is 1.61. The van der Waals surface area contributed by atoms with E-state index >= 15 is 0 Å². The van der Waals surface area contributed by atoms with Crippen molar-refractivity contribution in [2.24, 2.45) is 5.92 Å². The fraction of sp³-hybridized carbons (Fsp3) is 0.370. The number of nitrogens with one attached hydrogen (secondary N) is 1. The van der Waals surface area contributed by atoms with E-state index < -0.39 is 17.9 Å². The summed E-state index contributed by atoms with van der Waals surface area (Å²) in [5, 5.41) is 12.3. The van der Waals surface area contributed by atoms with Crippen molar-refractivity contribution < 1.29 is 19.5 Å². The van der Waals surface area contributed by atoms with Crippen LogP contribution in [-0.2, 0) is 21.4 Å². The number of aliphatic carboxylic acids is 1. The molecule has 3 heterocycles. The lowest BCUT2D eigenvalue weighted by molar-refractivity contribution is -0.141. The molecule has 1 saturated heterocycles. The summed E-state index contributed by atoms with van der Waals surface area (Å²) in [4.78, 5) is 49.8. The molecule has 8 nitrogen and oxygen atoms in total. The van der Waals surface area contributed by atoms with E-state index in [4.69, 9.17) is 0 Å². The number of hydrogen-bond donors (Lipinski definition) is 2. The Morgan fingerprint density at radius 1 is 1.14 bits per heavy atom. The molecule has 0 bridgehead atoms. The van der Waals surface area contributed by atoms with Crippen LogP contribution in [0.2, 0.25) is 0 Å². The zero-order valence-corrected chi connectivity index (χ0v) is 23.3. The van der Waals surface area contributed by atoms with Gasteiger partial charge >= 0.3 is 5.97 Å². The first-order valence-electron chi connectivity index (χ1n) is 12.0. The number of thiophene rings is 1. The van der Waals surface area contributed by atoms with Crippen molar-refractivity contribution in [2.45, 2.75) is 45.1 Å². The molecule has 37 heavy (non-hydrogen) atoms. The van der Waals surface area contributed by atoms with Gasteiger partial charge in [-0.2, -0.15) is 0 Å². The number of carboxylic acids is 1. The lowest BCUT2D eigenvalue weighted by Crippen LogP contribution is -2.49. The number of halogens is 1. The third kappa shape index (κ3) is 6.61. The first kappa shape index (κ1) is 26.9. The standard InChI is InChI=1S/C27H29BrN4O4S/c1-27(2,3)22-9-8-21(37-22)24(33)31-20(25(34)32-11-10-18(15-32)26(35)36)12-16-4-6-17(7-5-16)23-29-13-19(28)14-30-23/h4-9,13-14,18,20H,10-12,15H2,1-3H3,(H,31,33)(H,35,36)/t18-,20?/m0/s1. The smallest absolute Gasteiger partial charge is 0.308 e. The van der Waals surface area contributed by atoms with Crippen LogP contribution in [0.4, 0.5) is 0 Å². The normalized spacial score (nSPS) is 16.4. The monoisotopic (exact) mass is 584 g/mol.